The SMILES string of the molecule is NCC1CNS(=O)(=O)N(CC2CCCO2)C1. The highest BCUT2D eigenvalue weighted by Crippen LogP contribution is 2.17. The summed E-state index contributed by atoms with van der Waals surface area (Å²) in [4.78, 5) is 0. The Morgan fingerprint density at radius 3 is 2.94 bits per heavy atom. The summed E-state index contributed by atoms with van der Waals surface area (Å²) >= 11 is 0. The van der Waals surface area contributed by atoms with Crippen LogP contribution in [-0.2, 0) is 14.9 Å². The van der Waals surface area contributed by atoms with Crippen molar-refractivity contribution >= 4 is 10.2 Å². The second-order valence-corrected chi connectivity index (χ2v) is 6.16. The van der Waals surface area contributed by atoms with Crippen LogP contribution in [0.2, 0.25) is 0 Å². The van der Waals surface area contributed by atoms with Gasteiger partial charge in [-0.05, 0) is 25.3 Å². The number of hydrogen-bond acceptors (Lipinski definition) is 4. The summed E-state index contributed by atoms with van der Waals surface area (Å²) in [5.74, 6) is 0.199. The molecular weight excluding hydrogens is 230 g/mol. The summed E-state index contributed by atoms with van der Waals surface area (Å²) in [6.45, 7) is 2.65. The van der Waals surface area contributed by atoms with Crippen LogP contribution >= 0.6 is 0 Å². The molecule has 0 aromatic heterocycles. The van der Waals surface area contributed by atoms with E-state index in [9.17, 15) is 8.42 Å². The molecule has 0 aromatic rings. The number of nitrogens with zero attached hydrogens (tertiary/aromatic N) is 1. The van der Waals surface area contributed by atoms with Crippen LogP contribution in [0, 0.1) is 5.92 Å². The van der Waals surface area contributed by atoms with Gasteiger partial charge in [-0.3, -0.25) is 0 Å². The molecule has 16 heavy (non-hydrogen) atoms. The van der Waals surface area contributed by atoms with Crippen molar-refractivity contribution in [2.45, 2.75) is 18.9 Å². The lowest BCUT2D eigenvalue weighted by molar-refractivity contribution is 0.0890. The van der Waals surface area contributed by atoms with Gasteiger partial charge in [0.25, 0.3) is 10.2 Å². The molecule has 2 atom stereocenters. The number of nitrogens with one attached hydrogen (secondary N) is 1. The first-order chi connectivity index (χ1) is 7.62. The summed E-state index contributed by atoms with van der Waals surface area (Å²) in [7, 11) is -3.31. The molecule has 2 fully saturated rings. The minimum atomic E-state index is -3.31. The van der Waals surface area contributed by atoms with E-state index in [1.807, 2.05) is 0 Å². The fraction of sp³-hybridized carbons (Fsp3) is 1.00. The number of nitrogens with two attached hydrogens (primary N) is 1. The molecule has 0 aliphatic carbocycles. The summed E-state index contributed by atoms with van der Waals surface area (Å²) in [5, 5.41) is 0. The molecule has 2 aliphatic rings. The van der Waals surface area contributed by atoms with Gasteiger partial charge in [0, 0.05) is 26.2 Å². The molecule has 0 aromatic carbocycles. The first-order valence-corrected chi connectivity index (χ1v) is 7.12. The van der Waals surface area contributed by atoms with Crippen molar-refractivity contribution in [1.82, 2.24) is 9.03 Å². The van der Waals surface area contributed by atoms with E-state index in [2.05, 4.69) is 4.72 Å². The summed E-state index contributed by atoms with van der Waals surface area (Å²) in [6.07, 6.45) is 2.01. The van der Waals surface area contributed by atoms with Crippen molar-refractivity contribution in [2.24, 2.45) is 11.7 Å². The average molecular weight is 249 g/mol. The largest absolute Gasteiger partial charge is 0.377 e. The quantitative estimate of drug-likeness (QED) is 0.664. The van der Waals surface area contributed by atoms with E-state index in [4.69, 9.17) is 10.5 Å². The van der Waals surface area contributed by atoms with Gasteiger partial charge in [0.2, 0.25) is 0 Å². The molecular formula is C9H19N3O3S. The summed E-state index contributed by atoms with van der Waals surface area (Å²) < 4.78 is 33.0. The van der Waals surface area contributed by atoms with Crippen LogP contribution in [0.5, 0.6) is 0 Å². The number of rotatable bonds is 3. The van der Waals surface area contributed by atoms with Crippen LogP contribution in [-0.4, -0.2) is 51.6 Å². The molecule has 2 rings (SSSR count). The zero-order chi connectivity index (χ0) is 11.6. The van der Waals surface area contributed by atoms with E-state index in [1.54, 1.807) is 0 Å². The van der Waals surface area contributed by atoms with Gasteiger partial charge >= 0.3 is 0 Å². The van der Waals surface area contributed by atoms with Gasteiger partial charge in [0.05, 0.1) is 6.10 Å². The van der Waals surface area contributed by atoms with E-state index in [1.165, 1.54) is 4.31 Å². The molecule has 0 bridgehead atoms. The van der Waals surface area contributed by atoms with Crippen LogP contribution in [0.4, 0.5) is 0 Å². The van der Waals surface area contributed by atoms with Gasteiger partial charge < -0.3 is 10.5 Å². The Morgan fingerprint density at radius 1 is 1.50 bits per heavy atom. The minimum absolute atomic E-state index is 0.0492. The predicted molar refractivity (Wildman–Crippen MR) is 60.0 cm³/mol. The maximum absolute atomic E-state index is 11.7. The van der Waals surface area contributed by atoms with E-state index in [0.29, 0.717) is 26.2 Å². The standard InChI is InChI=1S/C9H19N3O3S/c10-4-8-5-11-16(13,14)12(6-8)7-9-2-1-3-15-9/h8-9,11H,1-7,10H2. The number of ether oxygens (including phenoxy) is 1. The van der Waals surface area contributed by atoms with Gasteiger partial charge in [-0.1, -0.05) is 0 Å². The van der Waals surface area contributed by atoms with Crippen molar-refractivity contribution in [3.63, 3.8) is 0 Å². The Balaban J connectivity index is 1.98. The van der Waals surface area contributed by atoms with Crippen LogP contribution < -0.4 is 10.5 Å². The van der Waals surface area contributed by atoms with Crippen molar-refractivity contribution in [2.75, 3.05) is 32.8 Å². The smallest absolute Gasteiger partial charge is 0.279 e. The van der Waals surface area contributed by atoms with Crippen molar-refractivity contribution < 1.29 is 13.2 Å². The lowest BCUT2D eigenvalue weighted by Gasteiger charge is -2.33. The molecule has 94 valence electrons. The highest BCUT2D eigenvalue weighted by Gasteiger charge is 2.33. The second kappa shape index (κ2) is 4.97. The molecule has 6 nitrogen and oxygen atoms in total. The zero-order valence-electron chi connectivity index (χ0n) is 9.26. The molecule has 7 heteroatoms. The first-order valence-electron chi connectivity index (χ1n) is 5.68. The lowest BCUT2D eigenvalue weighted by Crippen LogP contribution is -2.54. The van der Waals surface area contributed by atoms with Gasteiger partial charge in [-0.25, -0.2) is 4.72 Å². The first kappa shape index (κ1) is 12.3. The fourth-order valence-electron chi connectivity index (χ4n) is 2.11. The monoisotopic (exact) mass is 249 g/mol. The van der Waals surface area contributed by atoms with Crippen molar-refractivity contribution in [1.29, 1.82) is 0 Å². The Morgan fingerprint density at radius 2 is 2.31 bits per heavy atom. The maximum atomic E-state index is 11.7. The Kier molecular flexibility index (Phi) is 3.81. The van der Waals surface area contributed by atoms with Gasteiger partial charge in [0.15, 0.2) is 0 Å². The van der Waals surface area contributed by atoms with Crippen LogP contribution in [0.25, 0.3) is 0 Å². The topological polar surface area (TPSA) is 84.7 Å². The zero-order valence-corrected chi connectivity index (χ0v) is 10.1. The Hall–Kier alpha value is -0.210. The Bertz CT molecular complexity index is 327. The highest BCUT2D eigenvalue weighted by molar-refractivity contribution is 7.87. The van der Waals surface area contributed by atoms with Gasteiger partial charge in [-0.15, -0.1) is 0 Å². The Labute approximate surface area is 96.3 Å². The minimum Gasteiger partial charge on any atom is -0.377 e. The molecule has 0 amide bonds. The lowest BCUT2D eigenvalue weighted by atomic mass is 10.1. The van der Waals surface area contributed by atoms with Crippen LogP contribution in [0.1, 0.15) is 12.8 Å². The van der Waals surface area contributed by atoms with Gasteiger partial charge in [0.1, 0.15) is 0 Å². The molecule has 0 spiro atoms. The summed E-state index contributed by atoms with van der Waals surface area (Å²) in [5.41, 5.74) is 5.57. The predicted octanol–water partition coefficient (Wildman–Crippen LogP) is -1.11. The molecule has 2 unspecified atom stereocenters. The molecule has 2 aliphatic heterocycles. The van der Waals surface area contributed by atoms with Gasteiger partial charge in [-0.2, -0.15) is 12.7 Å². The van der Waals surface area contributed by atoms with Crippen molar-refractivity contribution in [3.05, 3.63) is 0 Å². The molecule has 0 radical (unpaired) electrons. The summed E-state index contributed by atoms with van der Waals surface area (Å²) in [6, 6.07) is 0. The second-order valence-electron chi connectivity index (χ2n) is 4.41. The average Bonchev–Trinajstić information content (AvgIpc) is 2.74. The highest BCUT2D eigenvalue weighted by atomic mass is 32.2. The van der Waals surface area contributed by atoms with E-state index in [-0.39, 0.29) is 12.0 Å². The third kappa shape index (κ3) is 2.72. The third-order valence-corrected chi connectivity index (χ3v) is 4.63. The third-order valence-electron chi connectivity index (χ3n) is 3.12. The molecule has 0 saturated carbocycles. The number of hydrogen-bond donors (Lipinski definition) is 2. The fourth-order valence-corrected chi connectivity index (χ4v) is 3.51. The van der Waals surface area contributed by atoms with Crippen LogP contribution in [0.3, 0.4) is 0 Å². The molecule has 2 saturated heterocycles. The van der Waals surface area contributed by atoms with Crippen LogP contribution in [0.15, 0.2) is 0 Å². The normalized spacial score (nSPS) is 35.3. The molecule has 3 N–H and O–H groups in total. The van der Waals surface area contributed by atoms with E-state index >= 15 is 0 Å². The van der Waals surface area contributed by atoms with E-state index < -0.39 is 10.2 Å². The van der Waals surface area contributed by atoms with E-state index in [0.717, 1.165) is 19.4 Å². The molecule has 2 heterocycles. The maximum Gasteiger partial charge on any atom is 0.279 e. The van der Waals surface area contributed by atoms with Crippen molar-refractivity contribution in [3.8, 4) is 0 Å².